The van der Waals surface area contributed by atoms with Gasteiger partial charge in [0.1, 0.15) is 5.75 Å². The zero-order chi connectivity index (χ0) is 12.7. The van der Waals surface area contributed by atoms with E-state index in [1.165, 1.54) is 5.56 Å². The molecule has 1 unspecified atom stereocenters. The molecule has 1 rings (SSSR count). The van der Waals surface area contributed by atoms with Gasteiger partial charge in [-0.25, -0.2) is 0 Å². The Morgan fingerprint density at radius 2 is 2.00 bits per heavy atom. The first-order chi connectivity index (χ1) is 8.13. The molecule has 0 amide bonds. The molecule has 1 atom stereocenters. The molecule has 1 aromatic carbocycles. The van der Waals surface area contributed by atoms with Gasteiger partial charge in [-0.3, -0.25) is 0 Å². The van der Waals surface area contributed by atoms with Crippen LogP contribution < -0.4 is 10.1 Å². The van der Waals surface area contributed by atoms with Gasteiger partial charge >= 0.3 is 0 Å². The number of rotatable bonds is 7. The minimum absolute atomic E-state index is 0.383. The molecule has 1 N–H and O–H groups in total. The van der Waals surface area contributed by atoms with Crippen molar-refractivity contribution in [1.29, 1.82) is 0 Å². The van der Waals surface area contributed by atoms with Gasteiger partial charge in [0.25, 0.3) is 0 Å². The van der Waals surface area contributed by atoms with E-state index in [4.69, 9.17) is 4.74 Å². The molecule has 0 heterocycles. The first-order valence-corrected chi connectivity index (χ1v) is 6.59. The predicted octanol–water partition coefficient (Wildman–Crippen LogP) is 3.78. The lowest BCUT2D eigenvalue weighted by Gasteiger charge is -2.14. The van der Waals surface area contributed by atoms with Crippen LogP contribution in [0.25, 0.3) is 0 Å². The third-order valence-corrected chi connectivity index (χ3v) is 2.83. The van der Waals surface area contributed by atoms with Gasteiger partial charge in [0, 0.05) is 6.04 Å². The summed E-state index contributed by atoms with van der Waals surface area (Å²) in [6.07, 6.45) is 1.10. The van der Waals surface area contributed by atoms with E-state index < -0.39 is 0 Å². The number of hydrogen-bond acceptors (Lipinski definition) is 2. The van der Waals surface area contributed by atoms with E-state index in [1.54, 1.807) is 0 Å². The Bertz CT molecular complexity index is 322. The molecule has 2 heteroatoms. The van der Waals surface area contributed by atoms with Crippen molar-refractivity contribution in [3.05, 3.63) is 29.8 Å². The minimum atomic E-state index is 0.383. The molecule has 96 valence electrons. The summed E-state index contributed by atoms with van der Waals surface area (Å²) in [5.74, 6) is 1.67. The predicted molar refractivity (Wildman–Crippen MR) is 73.5 cm³/mol. The fraction of sp³-hybridized carbons (Fsp3) is 0.600. The molecule has 0 saturated carbocycles. The van der Waals surface area contributed by atoms with Crippen LogP contribution in [0.3, 0.4) is 0 Å². The van der Waals surface area contributed by atoms with Crippen LogP contribution in [-0.4, -0.2) is 13.2 Å². The van der Waals surface area contributed by atoms with Gasteiger partial charge in [-0.1, -0.05) is 32.9 Å². The second kappa shape index (κ2) is 7.33. The highest BCUT2D eigenvalue weighted by molar-refractivity contribution is 5.30. The Morgan fingerprint density at radius 3 is 2.65 bits per heavy atom. The van der Waals surface area contributed by atoms with Gasteiger partial charge in [-0.15, -0.1) is 0 Å². The van der Waals surface area contributed by atoms with E-state index in [9.17, 15) is 0 Å². The van der Waals surface area contributed by atoms with Gasteiger partial charge in [0.2, 0.25) is 0 Å². The second-order valence-electron chi connectivity index (χ2n) is 4.88. The van der Waals surface area contributed by atoms with Crippen LogP contribution in [-0.2, 0) is 0 Å². The maximum atomic E-state index is 5.76. The lowest BCUT2D eigenvalue weighted by atomic mass is 10.1. The first-order valence-electron chi connectivity index (χ1n) is 6.59. The van der Waals surface area contributed by atoms with E-state index in [1.807, 2.05) is 6.07 Å². The fourth-order valence-electron chi connectivity index (χ4n) is 1.71. The van der Waals surface area contributed by atoms with Crippen molar-refractivity contribution in [1.82, 2.24) is 5.32 Å². The van der Waals surface area contributed by atoms with Gasteiger partial charge in [-0.05, 0) is 43.5 Å². The van der Waals surface area contributed by atoms with E-state index in [0.717, 1.165) is 25.3 Å². The molecule has 0 aliphatic rings. The third kappa shape index (κ3) is 5.22. The van der Waals surface area contributed by atoms with Gasteiger partial charge in [-0.2, -0.15) is 0 Å². The third-order valence-electron chi connectivity index (χ3n) is 2.83. The summed E-state index contributed by atoms with van der Waals surface area (Å²) in [5.41, 5.74) is 1.29. The highest BCUT2D eigenvalue weighted by Crippen LogP contribution is 2.19. The molecular formula is C15H25NO. The Kier molecular flexibility index (Phi) is 6.06. The van der Waals surface area contributed by atoms with Crippen LogP contribution in [0, 0.1) is 5.92 Å². The molecule has 0 fully saturated rings. The molecular weight excluding hydrogens is 210 g/mol. The van der Waals surface area contributed by atoms with Crippen LogP contribution in [0.5, 0.6) is 5.75 Å². The van der Waals surface area contributed by atoms with Crippen LogP contribution in [0.15, 0.2) is 24.3 Å². The summed E-state index contributed by atoms with van der Waals surface area (Å²) in [6.45, 7) is 10.5. The monoisotopic (exact) mass is 235 g/mol. The normalized spacial score (nSPS) is 12.8. The molecule has 0 radical (unpaired) electrons. The van der Waals surface area contributed by atoms with Crippen molar-refractivity contribution < 1.29 is 4.74 Å². The SMILES string of the molecule is CCNC(C)c1cccc(OCCC(C)C)c1. The Hall–Kier alpha value is -1.02. The van der Waals surface area contributed by atoms with Crippen LogP contribution in [0.4, 0.5) is 0 Å². The quantitative estimate of drug-likeness (QED) is 0.776. The lowest BCUT2D eigenvalue weighted by Crippen LogP contribution is -2.17. The van der Waals surface area contributed by atoms with Crippen molar-refractivity contribution in [2.24, 2.45) is 5.92 Å². The van der Waals surface area contributed by atoms with Crippen LogP contribution >= 0.6 is 0 Å². The molecule has 17 heavy (non-hydrogen) atoms. The van der Waals surface area contributed by atoms with E-state index >= 15 is 0 Å². The summed E-state index contributed by atoms with van der Waals surface area (Å²) in [7, 11) is 0. The summed E-state index contributed by atoms with van der Waals surface area (Å²) in [4.78, 5) is 0. The number of benzene rings is 1. The van der Waals surface area contributed by atoms with Crippen LogP contribution in [0.1, 0.15) is 45.7 Å². The Morgan fingerprint density at radius 1 is 1.24 bits per heavy atom. The Balaban J connectivity index is 2.53. The number of nitrogens with one attached hydrogen (secondary N) is 1. The molecule has 2 nitrogen and oxygen atoms in total. The minimum Gasteiger partial charge on any atom is -0.494 e. The summed E-state index contributed by atoms with van der Waals surface area (Å²) in [5, 5.41) is 3.41. The number of hydrogen-bond donors (Lipinski definition) is 1. The van der Waals surface area contributed by atoms with Crippen molar-refractivity contribution >= 4 is 0 Å². The van der Waals surface area contributed by atoms with E-state index in [2.05, 4.69) is 51.2 Å². The maximum Gasteiger partial charge on any atom is 0.119 e. The smallest absolute Gasteiger partial charge is 0.119 e. The van der Waals surface area contributed by atoms with Gasteiger partial charge in [0.15, 0.2) is 0 Å². The molecule has 0 aliphatic carbocycles. The average Bonchev–Trinajstić information content (AvgIpc) is 2.29. The highest BCUT2D eigenvalue weighted by atomic mass is 16.5. The molecule has 0 saturated heterocycles. The zero-order valence-corrected chi connectivity index (χ0v) is 11.5. The molecule has 1 aromatic rings. The van der Waals surface area contributed by atoms with E-state index in [0.29, 0.717) is 12.0 Å². The summed E-state index contributed by atoms with van der Waals surface area (Å²) >= 11 is 0. The van der Waals surface area contributed by atoms with Crippen molar-refractivity contribution in [2.45, 2.75) is 40.2 Å². The lowest BCUT2D eigenvalue weighted by molar-refractivity contribution is 0.289. The first kappa shape index (κ1) is 14.0. The highest BCUT2D eigenvalue weighted by Gasteiger charge is 2.04. The zero-order valence-electron chi connectivity index (χ0n) is 11.5. The standard InChI is InChI=1S/C15H25NO/c1-5-16-13(4)14-7-6-8-15(11-14)17-10-9-12(2)3/h6-8,11-13,16H,5,9-10H2,1-4H3. The van der Waals surface area contributed by atoms with Gasteiger partial charge < -0.3 is 10.1 Å². The summed E-state index contributed by atoms with van der Waals surface area (Å²) < 4.78 is 5.76. The maximum absolute atomic E-state index is 5.76. The molecule has 0 aromatic heterocycles. The average molecular weight is 235 g/mol. The second-order valence-corrected chi connectivity index (χ2v) is 4.88. The van der Waals surface area contributed by atoms with Crippen molar-refractivity contribution in [3.63, 3.8) is 0 Å². The van der Waals surface area contributed by atoms with Crippen LogP contribution in [0.2, 0.25) is 0 Å². The van der Waals surface area contributed by atoms with Crippen molar-refractivity contribution in [2.75, 3.05) is 13.2 Å². The molecule has 0 aliphatic heterocycles. The van der Waals surface area contributed by atoms with Gasteiger partial charge in [0.05, 0.1) is 6.61 Å². The fourth-order valence-corrected chi connectivity index (χ4v) is 1.71. The number of ether oxygens (including phenoxy) is 1. The molecule has 0 spiro atoms. The van der Waals surface area contributed by atoms with Crippen molar-refractivity contribution in [3.8, 4) is 5.75 Å². The Labute approximate surface area is 105 Å². The topological polar surface area (TPSA) is 21.3 Å². The largest absolute Gasteiger partial charge is 0.494 e. The summed E-state index contributed by atoms with van der Waals surface area (Å²) in [6, 6.07) is 8.75. The van der Waals surface area contributed by atoms with E-state index in [-0.39, 0.29) is 0 Å². The molecule has 0 bridgehead atoms.